The highest BCUT2D eigenvalue weighted by Crippen LogP contribution is 2.23. The first-order valence-corrected chi connectivity index (χ1v) is 8.36. The average molecular weight is 354 g/mol. The monoisotopic (exact) mass is 354 g/mol. The summed E-state index contributed by atoms with van der Waals surface area (Å²) in [6.07, 6.45) is 0. The molecule has 136 valence electrons. The Kier molecular flexibility index (Phi) is 6.91. The maximum atomic E-state index is 12.3. The fraction of sp³-hybridized carbons (Fsp3) is 0.250. The zero-order valence-corrected chi connectivity index (χ0v) is 14.8. The van der Waals surface area contributed by atoms with Crippen LogP contribution in [0, 0.1) is 5.92 Å². The van der Waals surface area contributed by atoms with E-state index in [4.69, 9.17) is 4.74 Å². The summed E-state index contributed by atoms with van der Waals surface area (Å²) in [5, 5.41) is 4.67. The Morgan fingerprint density at radius 1 is 0.962 bits per heavy atom. The maximum Gasteiger partial charge on any atom is 0.339 e. The Balaban J connectivity index is 1.95. The van der Waals surface area contributed by atoms with Crippen molar-refractivity contribution in [2.45, 2.75) is 13.8 Å². The molecule has 0 atom stereocenters. The van der Waals surface area contributed by atoms with Gasteiger partial charge >= 0.3 is 12.0 Å². The maximum absolute atomic E-state index is 12.3. The summed E-state index contributed by atoms with van der Waals surface area (Å²) < 4.78 is 5.05. The number of benzene rings is 2. The van der Waals surface area contributed by atoms with E-state index in [2.05, 4.69) is 10.6 Å². The summed E-state index contributed by atoms with van der Waals surface area (Å²) in [6, 6.07) is 15.8. The molecule has 0 aliphatic heterocycles. The van der Waals surface area contributed by atoms with Crippen LogP contribution in [0.15, 0.2) is 54.6 Å². The van der Waals surface area contributed by atoms with E-state index in [-0.39, 0.29) is 5.92 Å². The van der Waals surface area contributed by atoms with Crippen LogP contribution in [0.3, 0.4) is 0 Å². The highest BCUT2D eigenvalue weighted by Gasteiger charge is 2.16. The topological polar surface area (TPSA) is 84.5 Å². The van der Waals surface area contributed by atoms with Crippen LogP contribution in [0.5, 0.6) is 0 Å². The van der Waals surface area contributed by atoms with Gasteiger partial charge in [-0.25, -0.2) is 9.59 Å². The Labute approximate surface area is 152 Å². The smallest absolute Gasteiger partial charge is 0.339 e. The van der Waals surface area contributed by atoms with Crippen molar-refractivity contribution in [1.82, 2.24) is 10.6 Å². The van der Waals surface area contributed by atoms with E-state index in [9.17, 15) is 14.4 Å². The van der Waals surface area contributed by atoms with Crippen LogP contribution >= 0.6 is 0 Å². The van der Waals surface area contributed by atoms with Crippen molar-refractivity contribution in [1.29, 1.82) is 0 Å². The largest absolute Gasteiger partial charge is 0.452 e. The van der Waals surface area contributed by atoms with E-state index >= 15 is 0 Å². The van der Waals surface area contributed by atoms with Crippen LogP contribution in [-0.2, 0) is 9.53 Å². The van der Waals surface area contributed by atoms with Gasteiger partial charge in [-0.3, -0.25) is 10.1 Å². The molecule has 2 aromatic rings. The third-order valence-electron chi connectivity index (χ3n) is 3.49. The number of rotatable bonds is 6. The van der Waals surface area contributed by atoms with Crippen LogP contribution in [0.25, 0.3) is 11.1 Å². The van der Waals surface area contributed by atoms with Gasteiger partial charge in [-0.15, -0.1) is 0 Å². The molecule has 0 spiro atoms. The normalized spacial score (nSPS) is 10.3. The molecule has 0 saturated carbocycles. The van der Waals surface area contributed by atoms with Crippen molar-refractivity contribution in [3.63, 3.8) is 0 Å². The average Bonchev–Trinajstić information content (AvgIpc) is 2.65. The van der Waals surface area contributed by atoms with Crippen molar-refractivity contribution < 1.29 is 19.1 Å². The lowest BCUT2D eigenvalue weighted by Gasteiger charge is -2.11. The molecule has 0 aliphatic rings. The number of nitrogens with one attached hydrogen (secondary N) is 2. The lowest BCUT2D eigenvalue weighted by atomic mass is 10.00. The fourth-order valence-electron chi connectivity index (χ4n) is 2.24. The van der Waals surface area contributed by atoms with Crippen molar-refractivity contribution >= 4 is 17.9 Å². The lowest BCUT2D eigenvalue weighted by molar-refractivity contribution is -0.123. The number of urea groups is 1. The number of hydrogen-bond acceptors (Lipinski definition) is 4. The van der Waals surface area contributed by atoms with E-state index in [0.29, 0.717) is 17.7 Å². The highest BCUT2D eigenvalue weighted by molar-refractivity contribution is 5.99. The van der Waals surface area contributed by atoms with Crippen molar-refractivity contribution in [2.75, 3.05) is 13.2 Å². The summed E-state index contributed by atoms with van der Waals surface area (Å²) in [5.41, 5.74) is 1.95. The number of imide groups is 1. The first-order valence-electron chi connectivity index (χ1n) is 8.36. The predicted molar refractivity (Wildman–Crippen MR) is 98.5 cm³/mol. The molecule has 0 unspecified atom stereocenters. The molecule has 0 radical (unpaired) electrons. The van der Waals surface area contributed by atoms with Crippen LogP contribution in [0.1, 0.15) is 24.2 Å². The summed E-state index contributed by atoms with van der Waals surface area (Å²) in [4.78, 5) is 35.6. The van der Waals surface area contributed by atoms with E-state index < -0.39 is 24.5 Å². The molecular formula is C20H22N2O4. The van der Waals surface area contributed by atoms with Crippen LogP contribution in [0.2, 0.25) is 0 Å². The van der Waals surface area contributed by atoms with Crippen molar-refractivity contribution in [2.24, 2.45) is 5.92 Å². The van der Waals surface area contributed by atoms with Crippen molar-refractivity contribution in [3.05, 3.63) is 60.2 Å². The number of carbonyl (C=O) groups excluding carboxylic acids is 3. The van der Waals surface area contributed by atoms with E-state index in [1.807, 2.05) is 56.3 Å². The molecule has 0 fully saturated rings. The summed E-state index contributed by atoms with van der Waals surface area (Å²) in [7, 11) is 0. The molecule has 0 aromatic heterocycles. The first-order chi connectivity index (χ1) is 12.5. The van der Waals surface area contributed by atoms with E-state index in [1.54, 1.807) is 12.1 Å². The van der Waals surface area contributed by atoms with Gasteiger partial charge in [-0.05, 0) is 23.1 Å². The zero-order chi connectivity index (χ0) is 18.9. The Bertz CT molecular complexity index is 772. The zero-order valence-electron chi connectivity index (χ0n) is 14.8. The van der Waals surface area contributed by atoms with Gasteiger partial charge < -0.3 is 10.1 Å². The molecule has 2 N–H and O–H groups in total. The molecule has 0 saturated heterocycles. The summed E-state index contributed by atoms with van der Waals surface area (Å²) in [6.45, 7) is 3.79. The van der Waals surface area contributed by atoms with Gasteiger partial charge in [0.1, 0.15) is 0 Å². The van der Waals surface area contributed by atoms with Gasteiger partial charge in [0.25, 0.3) is 5.91 Å². The van der Waals surface area contributed by atoms with Gasteiger partial charge in [0.05, 0.1) is 5.56 Å². The molecule has 3 amide bonds. The molecule has 26 heavy (non-hydrogen) atoms. The van der Waals surface area contributed by atoms with Gasteiger partial charge in [0.15, 0.2) is 6.61 Å². The Morgan fingerprint density at radius 3 is 2.31 bits per heavy atom. The Morgan fingerprint density at radius 2 is 1.62 bits per heavy atom. The number of esters is 1. The number of amides is 3. The highest BCUT2D eigenvalue weighted by atomic mass is 16.5. The quantitative estimate of drug-likeness (QED) is 0.781. The summed E-state index contributed by atoms with van der Waals surface area (Å²) >= 11 is 0. The SMILES string of the molecule is CC(C)CNC(=O)NC(=O)COC(=O)c1ccccc1-c1ccccc1. The number of ether oxygens (including phenoxy) is 1. The second kappa shape index (κ2) is 9.36. The first kappa shape index (κ1) is 19.2. The third-order valence-corrected chi connectivity index (χ3v) is 3.49. The standard InChI is InChI=1S/C20H22N2O4/c1-14(2)12-21-20(25)22-18(23)13-26-19(24)17-11-7-6-10-16(17)15-8-4-3-5-9-15/h3-11,14H,12-13H2,1-2H3,(H2,21,22,23,25). The molecule has 6 nitrogen and oxygen atoms in total. The molecule has 0 heterocycles. The number of carbonyl (C=O) groups is 3. The van der Waals surface area contributed by atoms with E-state index in [1.165, 1.54) is 0 Å². The molecule has 0 bridgehead atoms. The van der Waals surface area contributed by atoms with Gasteiger partial charge in [-0.2, -0.15) is 0 Å². The van der Waals surface area contributed by atoms with Crippen LogP contribution in [-0.4, -0.2) is 31.1 Å². The minimum Gasteiger partial charge on any atom is -0.452 e. The lowest BCUT2D eigenvalue weighted by Crippen LogP contribution is -2.42. The summed E-state index contributed by atoms with van der Waals surface area (Å²) in [5.74, 6) is -1.04. The van der Waals surface area contributed by atoms with Gasteiger partial charge in [0, 0.05) is 6.54 Å². The molecule has 0 aliphatic carbocycles. The number of hydrogen-bond donors (Lipinski definition) is 2. The molecular weight excluding hydrogens is 332 g/mol. The van der Waals surface area contributed by atoms with Gasteiger partial charge in [0.2, 0.25) is 0 Å². The molecule has 6 heteroatoms. The predicted octanol–water partition coefficient (Wildman–Crippen LogP) is 2.99. The third kappa shape index (κ3) is 5.73. The van der Waals surface area contributed by atoms with Gasteiger partial charge in [-0.1, -0.05) is 62.4 Å². The Hall–Kier alpha value is -3.15. The second-order valence-corrected chi connectivity index (χ2v) is 6.14. The van der Waals surface area contributed by atoms with Crippen molar-refractivity contribution in [3.8, 4) is 11.1 Å². The minimum absolute atomic E-state index is 0.267. The second-order valence-electron chi connectivity index (χ2n) is 6.14. The molecule has 2 rings (SSSR count). The van der Waals surface area contributed by atoms with Crippen LogP contribution < -0.4 is 10.6 Å². The van der Waals surface area contributed by atoms with E-state index in [0.717, 1.165) is 5.56 Å². The van der Waals surface area contributed by atoms with Crippen LogP contribution in [0.4, 0.5) is 4.79 Å². The fourth-order valence-corrected chi connectivity index (χ4v) is 2.24. The minimum atomic E-state index is -0.684. The molecule has 2 aromatic carbocycles.